The third-order valence-corrected chi connectivity index (χ3v) is 3.45. The molecule has 15 heavy (non-hydrogen) atoms. The first-order valence-corrected chi connectivity index (χ1v) is 5.43. The number of amides is 1. The average Bonchev–Trinajstić information content (AvgIpc) is 2.47. The van der Waals surface area contributed by atoms with Gasteiger partial charge in [-0.2, -0.15) is 0 Å². The second-order valence-corrected chi connectivity index (χ2v) is 4.54. The highest BCUT2D eigenvalue weighted by Gasteiger charge is 2.33. The largest absolute Gasteiger partial charge is 0.341 e. The maximum absolute atomic E-state index is 12.0. The standard InChI is InChI=1S/C10H19N3O.ClH/c1-7(8-4-12-5-8)10(14)13-3-2-9(11)6-13;/h7-9,12H,2-6,11H2,1H3;1H. The number of carbonyl (C=O) groups excluding carboxylic acids is 1. The molecule has 2 aliphatic heterocycles. The first kappa shape index (κ1) is 12.7. The Morgan fingerprint density at radius 2 is 2.20 bits per heavy atom. The van der Waals surface area contributed by atoms with Gasteiger partial charge in [0.05, 0.1) is 0 Å². The van der Waals surface area contributed by atoms with E-state index in [4.69, 9.17) is 5.73 Å². The maximum atomic E-state index is 12.0. The van der Waals surface area contributed by atoms with Crippen molar-refractivity contribution in [3.8, 4) is 0 Å². The van der Waals surface area contributed by atoms with Gasteiger partial charge in [-0.25, -0.2) is 0 Å². The van der Waals surface area contributed by atoms with Crippen LogP contribution in [0.4, 0.5) is 0 Å². The van der Waals surface area contributed by atoms with Crippen molar-refractivity contribution in [2.45, 2.75) is 19.4 Å². The molecule has 2 heterocycles. The third kappa shape index (κ3) is 2.62. The summed E-state index contributed by atoms with van der Waals surface area (Å²) in [5, 5.41) is 3.20. The Morgan fingerprint density at radius 3 is 2.60 bits per heavy atom. The molecule has 5 heteroatoms. The van der Waals surface area contributed by atoms with Crippen LogP contribution in [0.5, 0.6) is 0 Å². The number of nitrogens with two attached hydrogens (primary N) is 1. The number of nitrogens with zero attached hydrogens (tertiary/aromatic N) is 1. The third-order valence-electron chi connectivity index (χ3n) is 3.45. The monoisotopic (exact) mass is 233 g/mol. The quantitative estimate of drug-likeness (QED) is 0.696. The zero-order valence-corrected chi connectivity index (χ0v) is 9.93. The summed E-state index contributed by atoms with van der Waals surface area (Å²) >= 11 is 0. The van der Waals surface area contributed by atoms with Crippen LogP contribution < -0.4 is 11.1 Å². The highest BCUT2D eigenvalue weighted by molar-refractivity contribution is 5.85. The zero-order valence-electron chi connectivity index (χ0n) is 9.11. The van der Waals surface area contributed by atoms with Crippen LogP contribution in [0.1, 0.15) is 13.3 Å². The van der Waals surface area contributed by atoms with Crippen molar-refractivity contribution in [3.05, 3.63) is 0 Å². The number of rotatable bonds is 2. The second kappa shape index (κ2) is 5.14. The maximum Gasteiger partial charge on any atom is 0.225 e. The summed E-state index contributed by atoms with van der Waals surface area (Å²) in [6, 6.07) is 0.200. The highest BCUT2D eigenvalue weighted by atomic mass is 35.5. The van der Waals surface area contributed by atoms with E-state index in [0.29, 0.717) is 11.8 Å². The summed E-state index contributed by atoms with van der Waals surface area (Å²) in [6.45, 7) is 5.63. The van der Waals surface area contributed by atoms with Gasteiger partial charge in [-0.15, -0.1) is 12.4 Å². The van der Waals surface area contributed by atoms with Crippen molar-refractivity contribution >= 4 is 18.3 Å². The fourth-order valence-corrected chi connectivity index (χ4v) is 2.14. The molecule has 0 aromatic carbocycles. The second-order valence-electron chi connectivity index (χ2n) is 4.54. The Morgan fingerprint density at radius 1 is 1.53 bits per heavy atom. The fourth-order valence-electron chi connectivity index (χ4n) is 2.14. The van der Waals surface area contributed by atoms with Gasteiger partial charge in [-0.3, -0.25) is 4.79 Å². The molecule has 2 aliphatic rings. The van der Waals surface area contributed by atoms with E-state index in [1.165, 1.54) is 0 Å². The lowest BCUT2D eigenvalue weighted by Gasteiger charge is -2.33. The molecule has 2 fully saturated rings. The Balaban J connectivity index is 0.00000112. The molecule has 2 rings (SSSR count). The molecule has 2 unspecified atom stereocenters. The van der Waals surface area contributed by atoms with Gasteiger partial charge in [0.1, 0.15) is 0 Å². The van der Waals surface area contributed by atoms with Crippen LogP contribution in [0.15, 0.2) is 0 Å². The van der Waals surface area contributed by atoms with Crippen molar-refractivity contribution in [2.24, 2.45) is 17.6 Å². The van der Waals surface area contributed by atoms with Crippen LogP contribution in [-0.2, 0) is 4.79 Å². The summed E-state index contributed by atoms with van der Waals surface area (Å²) < 4.78 is 0. The minimum absolute atomic E-state index is 0. The van der Waals surface area contributed by atoms with Crippen molar-refractivity contribution in [2.75, 3.05) is 26.2 Å². The molecule has 0 saturated carbocycles. The summed E-state index contributed by atoms with van der Waals surface area (Å²) in [7, 11) is 0. The van der Waals surface area contributed by atoms with E-state index in [2.05, 4.69) is 5.32 Å². The van der Waals surface area contributed by atoms with Gasteiger partial charge in [0.25, 0.3) is 0 Å². The molecular weight excluding hydrogens is 214 g/mol. The smallest absolute Gasteiger partial charge is 0.225 e. The number of halogens is 1. The number of likely N-dealkylation sites (tertiary alicyclic amines) is 1. The fraction of sp³-hybridized carbons (Fsp3) is 0.900. The van der Waals surface area contributed by atoms with Gasteiger partial charge >= 0.3 is 0 Å². The molecule has 2 atom stereocenters. The molecule has 0 aromatic heterocycles. The molecule has 2 saturated heterocycles. The number of nitrogens with one attached hydrogen (secondary N) is 1. The molecule has 0 spiro atoms. The van der Waals surface area contributed by atoms with Gasteiger partial charge in [0.15, 0.2) is 0 Å². The normalized spacial score (nSPS) is 28.1. The van der Waals surface area contributed by atoms with Gasteiger partial charge in [0, 0.05) is 25.0 Å². The van der Waals surface area contributed by atoms with Gasteiger partial charge < -0.3 is 16.0 Å². The summed E-state index contributed by atoms with van der Waals surface area (Å²) in [4.78, 5) is 13.9. The zero-order chi connectivity index (χ0) is 10.1. The van der Waals surface area contributed by atoms with Crippen LogP contribution >= 0.6 is 12.4 Å². The first-order chi connectivity index (χ1) is 6.68. The van der Waals surface area contributed by atoms with Gasteiger partial charge in [-0.1, -0.05) is 6.92 Å². The van der Waals surface area contributed by atoms with E-state index in [0.717, 1.165) is 32.6 Å². The van der Waals surface area contributed by atoms with Crippen molar-refractivity contribution < 1.29 is 4.79 Å². The van der Waals surface area contributed by atoms with Crippen molar-refractivity contribution in [1.29, 1.82) is 0 Å². The first-order valence-electron chi connectivity index (χ1n) is 5.43. The number of carbonyl (C=O) groups is 1. The molecule has 4 nitrogen and oxygen atoms in total. The van der Waals surface area contributed by atoms with Gasteiger partial charge in [-0.05, 0) is 25.4 Å². The van der Waals surface area contributed by atoms with E-state index >= 15 is 0 Å². The van der Waals surface area contributed by atoms with Crippen molar-refractivity contribution in [1.82, 2.24) is 10.2 Å². The molecule has 0 aromatic rings. The molecular formula is C10H20ClN3O. The Hall–Kier alpha value is -0.320. The summed E-state index contributed by atoms with van der Waals surface area (Å²) in [6.07, 6.45) is 0.960. The number of hydrogen-bond acceptors (Lipinski definition) is 3. The lowest BCUT2D eigenvalue weighted by molar-refractivity contribution is -0.136. The van der Waals surface area contributed by atoms with Crippen LogP contribution in [0.3, 0.4) is 0 Å². The predicted octanol–water partition coefficient (Wildman–Crippen LogP) is -0.177. The van der Waals surface area contributed by atoms with Gasteiger partial charge in [0.2, 0.25) is 5.91 Å². The highest BCUT2D eigenvalue weighted by Crippen LogP contribution is 2.20. The molecule has 0 radical (unpaired) electrons. The van der Waals surface area contributed by atoms with E-state index in [9.17, 15) is 4.79 Å². The average molecular weight is 234 g/mol. The Kier molecular flexibility index (Phi) is 4.37. The molecule has 3 N–H and O–H groups in total. The van der Waals surface area contributed by atoms with E-state index in [1.807, 2.05) is 11.8 Å². The van der Waals surface area contributed by atoms with E-state index < -0.39 is 0 Å². The summed E-state index contributed by atoms with van der Waals surface area (Å²) in [5.41, 5.74) is 5.78. The Bertz CT molecular complexity index is 229. The van der Waals surface area contributed by atoms with E-state index in [-0.39, 0.29) is 24.4 Å². The van der Waals surface area contributed by atoms with Crippen LogP contribution in [0, 0.1) is 11.8 Å². The minimum Gasteiger partial charge on any atom is -0.341 e. The van der Waals surface area contributed by atoms with Crippen LogP contribution in [0.2, 0.25) is 0 Å². The summed E-state index contributed by atoms with van der Waals surface area (Å²) in [5.74, 6) is 1.00. The topological polar surface area (TPSA) is 58.4 Å². The number of hydrogen-bond donors (Lipinski definition) is 2. The lowest BCUT2D eigenvalue weighted by atomic mass is 9.88. The predicted molar refractivity (Wildman–Crippen MR) is 61.9 cm³/mol. The SMILES string of the molecule is CC(C(=O)N1CCC(N)C1)C1CNC1.Cl. The Labute approximate surface area is 97.0 Å². The molecule has 0 bridgehead atoms. The van der Waals surface area contributed by atoms with Crippen molar-refractivity contribution in [3.63, 3.8) is 0 Å². The molecule has 88 valence electrons. The molecule has 1 amide bonds. The minimum atomic E-state index is 0. The lowest BCUT2D eigenvalue weighted by Crippen LogP contribution is -2.50. The van der Waals surface area contributed by atoms with Crippen LogP contribution in [0.25, 0.3) is 0 Å². The van der Waals surface area contributed by atoms with Crippen LogP contribution in [-0.4, -0.2) is 43.0 Å². The van der Waals surface area contributed by atoms with E-state index in [1.54, 1.807) is 0 Å². The molecule has 0 aliphatic carbocycles.